The Balaban J connectivity index is 2.86. The smallest absolute Gasteiger partial charge is 0.126 e. The van der Waals surface area contributed by atoms with Crippen LogP contribution in [0, 0.1) is 5.82 Å². The largest absolute Gasteiger partial charge is 0.306 e. The summed E-state index contributed by atoms with van der Waals surface area (Å²) in [5.41, 5.74) is 1.30. The number of hydrogen-bond acceptors (Lipinski definition) is 1. The van der Waals surface area contributed by atoms with E-state index in [4.69, 9.17) is 0 Å². The van der Waals surface area contributed by atoms with E-state index in [2.05, 4.69) is 21.2 Å². The maximum absolute atomic E-state index is 13.5. The Kier molecular flexibility index (Phi) is 4.08. The van der Waals surface area contributed by atoms with Crippen LogP contribution in [0.1, 0.15) is 19.4 Å². The molecule has 1 nitrogen and oxygen atoms in total. The second-order valence-electron chi connectivity index (χ2n) is 3.92. The Bertz CT molecular complexity index is 299. The number of alkyl halides is 1. The third kappa shape index (κ3) is 2.79. The van der Waals surface area contributed by atoms with E-state index in [1.165, 1.54) is 6.07 Å². The Labute approximate surface area is 92.8 Å². The van der Waals surface area contributed by atoms with Gasteiger partial charge in [0.25, 0.3) is 0 Å². The monoisotopic (exact) mass is 259 g/mol. The highest BCUT2D eigenvalue weighted by molar-refractivity contribution is 9.09. The van der Waals surface area contributed by atoms with Crippen molar-refractivity contribution in [2.45, 2.75) is 19.3 Å². The normalized spacial score (nSPS) is 11.7. The molecule has 0 radical (unpaired) electrons. The van der Waals surface area contributed by atoms with Gasteiger partial charge in [-0.05, 0) is 11.6 Å². The predicted octanol–water partition coefficient (Wildman–Crippen LogP) is 3.05. The molecule has 0 amide bonds. The van der Waals surface area contributed by atoms with E-state index in [1.807, 2.05) is 26.0 Å². The number of hydrogen-bond donors (Lipinski definition) is 1. The van der Waals surface area contributed by atoms with E-state index in [9.17, 15) is 4.39 Å². The molecule has 0 aromatic heterocycles. The van der Waals surface area contributed by atoms with Crippen molar-refractivity contribution < 1.29 is 4.39 Å². The van der Waals surface area contributed by atoms with E-state index in [-0.39, 0.29) is 11.2 Å². The summed E-state index contributed by atoms with van der Waals surface area (Å²) in [7, 11) is 0. The van der Waals surface area contributed by atoms with E-state index in [0.717, 1.165) is 17.6 Å². The lowest BCUT2D eigenvalue weighted by Crippen LogP contribution is -2.33. The van der Waals surface area contributed by atoms with Gasteiger partial charge in [-0.1, -0.05) is 48.0 Å². The Hall–Kier alpha value is -0.410. The first-order valence-electron chi connectivity index (χ1n) is 4.59. The first kappa shape index (κ1) is 11.7. The molecule has 0 spiro atoms. The fourth-order valence-corrected chi connectivity index (χ4v) is 1.66. The highest BCUT2D eigenvalue weighted by atomic mass is 79.9. The number of rotatable bonds is 4. The van der Waals surface area contributed by atoms with Crippen molar-refractivity contribution in [1.29, 1.82) is 0 Å². The number of halogens is 2. The van der Waals surface area contributed by atoms with Gasteiger partial charge in [0.05, 0.1) is 5.45 Å². The van der Waals surface area contributed by atoms with Crippen LogP contribution in [0.15, 0.2) is 24.3 Å². The van der Waals surface area contributed by atoms with Gasteiger partial charge in [-0.3, -0.25) is 0 Å². The van der Waals surface area contributed by atoms with E-state index in [0.29, 0.717) is 0 Å². The third-order valence-corrected chi connectivity index (χ3v) is 2.66. The van der Waals surface area contributed by atoms with Crippen molar-refractivity contribution in [1.82, 2.24) is 5.32 Å². The van der Waals surface area contributed by atoms with Crippen LogP contribution >= 0.6 is 15.9 Å². The minimum absolute atomic E-state index is 0.131. The fraction of sp³-hybridized carbons (Fsp3) is 0.455. The van der Waals surface area contributed by atoms with Crippen molar-refractivity contribution in [2.24, 2.45) is 0 Å². The summed E-state index contributed by atoms with van der Waals surface area (Å²) in [6.07, 6.45) is 0. The average molecular weight is 260 g/mol. The summed E-state index contributed by atoms with van der Waals surface area (Å²) in [6.45, 7) is 4.81. The topological polar surface area (TPSA) is 12.0 Å². The summed E-state index contributed by atoms with van der Waals surface area (Å²) >= 11 is 3.29. The van der Waals surface area contributed by atoms with Crippen molar-refractivity contribution in [2.75, 3.05) is 12.0 Å². The molecule has 1 aromatic rings. The predicted molar refractivity (Wildman–Crippen MR) is 61.2 cm³/mol. The van der Waals surface area contributed by atoms with E-state index in [1.54, 1.807) is 6.07 Å². The minimum Gasteiger partial charge on any atom is -0.306 e. The summed E-state index contributed by atoms with van der Waals surface area (Å²) in [6, 6.07) is 6.93. The molecular weight excluding hydrogens is 245 g/mol. The third-order valence-electron chi connectivity index (χ3n) is 2.26. The Morgan fingerprint density at radius 2 is 2.00 bits per heavy atom. The zero-order valence-electron chi connectivity index (χ0n) is 8.48. The zero-order chi connectivity index (χ0) is 10.6. The summed E-state index contributed by atoms with van der Waals surface area (Å²) < 4.78 is 13.5. The van der Waals surface area contributed by atoms with Crippen LogP contribution < -0.4 is 5.32 Å². The quantitative estimate of drug-likeness (QED) is 0.648. The molecule has 0 fully saturated rings. The molecule has 0 aliphatic carbocycles. The molecule has 1 rings (SSSR count). The molecular formula is C11H15BrFN. The second kappa shape index (κ2) is 4.89. The molecule has 78 valence electrons. The van der Waals surface area contributed by atoms with Crippen molar-refractivity contribution in [3.63, 3.8) is 0 Å². The molecule has 0 aliphatic rings. The van der Waals surface area contributed by atoms with Gasteiger partial charge in [-0.2, -0.15) is 0 Å². The number of benzene rings is 1. The maximum atomic E-state index is 13.5. The number of nitrogens with one attached hydrogen (secondary N) is 1. The van der Waals surface area contributed by atoms with Crippen LogP contribution in [0.25, 0.3) is 0 Å². The molecule has 0 saturated carbocycles. The van der Waals surface area contributed by atoms with Crippen molar-refractivity contribution >= 4 is 15.9 Å². The lowest BCUT2D eigenvalue weighted by molar-refractivity contribution is 0.460. The Morgan fingerprint density at radius 3 is 2.57 bits per heavy atom. The molecule has 0 aliphatic heterocycles. The van der Waals surface area contributed by atoms with Crippen molar-refractivity contribution in [3.8, 4) is 0 Å². The lowest BCUT2D eigenvalue weighted by atomic mass is 9.84. The molecule has 0 heterocycles. The maximum Gasteiger partial charge on any atom is 0.126 e. The van der Waals surface area contributed by atoms with Gasteiger partial charge in [0.2, 0.25) is 0 Å². The molecule has 0 bridgehead atoms. The molecule has 14 heavy (non-hydrogen) atoms. The molecule has 1 aromatic carbocycles. The lowest BCUT2D eigenvalue weighted by Gasteiger charge is -2.25. The minimum atomic E-state index is -0.181. The summed E-state index contributed by atoms with van der Waals surface area (Å²) in [5.74, 6) is -0.131. The fourth-order valence-electron chi connectivity index (χ4n) is 1.47. The highest BCUT2D eigenvalue weighted by Gasteiger charge is 2.22. The van der Waals surface area contributed by atoms with Crippen LogP contribution in [0.2, 0.25) is 0 Å². The van der Waals surface area contributed by atoms with Gasteiger partial charge in [0, 0.05) is 12.0 Å². The average Bonchev–Trinajstić information content (AvgIpc) is 2.15. The van der Waals surface area contributed by atoms with Gasteiger partial charge < -0.3 is 5.32 Å². The van der Waals surface area contributed by atoms with Gasteiger partial charge in [0.15, 0.2) is 0 Å². The van der Waals surface area contributed by atoms with Gasteiger partial charge in [-0.15, -0.1) is 0 Å². The SMILES string of the molecule is CC(C)(CNCBr)c1ccccc1F. The summed E-state index contributed by atoms with van der Waals surface area (Å²) in [4.78, 5) is 0. The van der Waals surface area contributed by atoms with Crippen LogP contribution in [-0.2, 0) is 5.41 Å². The molecule has 1 N–H and O–H groups in total. The molecule has 3 heteroatoms. The standard InChI is InChI=1S/C11H15BrFN/c1-11(2,7-14-8-12)9-5-3-4-6-10(9)13/h3-6,14H,7-8H2,1-2H3. The Morgan fingerprint density at radius 1 is 1.36 bits per heavy atom. The van der Waals surface area contributed by atoms with Crippen LogP contribution in [0.3, 0.4) is 0 Å². The first-order chi connectivity index (χ1) is 6.58. The zero-order valence-corrected chi connectivity index (χ0v) is 10.1. The van der Waals surface area contributed by atoms with Crippen LogP contribution in [0.5, 0.6) is 0 Å². The van der Waals surface area contributed by atoms with Gasteiger partial charge in [-0.25, -0.2) is 4.39 Å². The first-order valence-corrected chi connectivity index (χ1v) is 5.72. The van der Waals surface area contributed by atoms with E-state index >= 15 is 0 Å². The van der Waals surface area contributed by atoms with Crippen molar-refractivity contribution in [3.05, 3.63) is 35.6 Å². The van der Waals surface area contributed by atoms with Crippen LogP contribution in [0.4, 0.5) is 4.39 Å². The second-order valence-corrected chi connectivity index (χ2v) is 4.48. The highest BCUT2D eigenvalue weighted by Crippen LogP contribution is 2.24. The molecule has 0 atom stereocenters. The molecule has 0 unspecified atom stereocenters. The van der Waals surface area contributed by atoms with Crippen LogP contribution in [-0.4, -0.2) is 12.0 Å². The summed E-state index contributed by atoms with van der Waals surface area (Å²) in [5, 5.41) is 3.16. The molecule has 0 saturated heterocycles. The van der Waals surface area contributed by atoms with Gasteiger partial charge >= 0.3 is 0 Å². The van der Waals surface area contributed by atoms with Gasteiger partial charge in [0.1, 0.15) is 5.82 Å². The van der Waals surface area contributed by atoms with E-state index < -0.39 is 0 Å².